The third-order valence-corrected chi connectivity index (χ3v) is 7.25. The van der Waals surface area contributed by atoms with Crippen molar-refractivity contribution >= 4 is 27.6 Å². The summed E-state index contributed by atoms with van der Waals surface area (Å²) in [5.74, 6) is -1.31. The predicted octanol–water partition coefficient (Wildman–Crippen LogP) is 3.03. The molecule has 1 amide bonds. The molecule has 3 rings (SSSR count). The first-order valence-electron chi connectivity index (χ1n) is 10.3. The lowest BCUT2D eigenvalue weighted by atomic mass is 10.1. The lowest BCUT2D eigenvalue weighted by Crippen LogP contribution is -2.36. The summed E-state index contributed by atoms with van der Waals surface area (Å²) in [6.45, 7) is 2.10. The topological polar surface area (TPSA) is 117 Å². The molecule has 9 heteroatoms. The summed E-state index contributed by atoms with van der Waals surface area (Å²) in [5.41, 5.74) is 1.95. The summed E-state index contributed by atoms with van der Waals surface area (Å²) in [7, 11) is -3.70. The molecule has 2 aromatic rings. The number of nitrogens with one attached hydrogen (secondary N) is 1. The maximum atomic E-state index is 13.0. The average Bonchev–Trinajstić information content (AvgIpc) is 2.79. The summed E-state index contributed by atoms with van der Waals surface area (Å²) in [6, 6.07) is 13.2. The molecule has 1 aliphatic rings. The third-order valence-electron chi connectivity index (χ3n) is 5.21. The second-order valence-electron chi connectivity index (χ2n) is 7.60. The molecular formula is C23H25N3O5S. The van der Waals surface area contributed by atoms with Crippen LogP contribution in [0, 0.1) is 18.3 Å². The van der Waals surface area contributed by atoms with Crippen molar-refractivity contribution in [1.82, 2.24) is 4.31 Å². The van der Waals surface area contributed by atoms with Gasteiger partial charge in [0.05, 0.1) is 22.9 Å². The molecule has 0 atom stereocenters. The largest absolute Gasteiger partial charge is 0.452 e. The third kappa shape index (κ3) is 5.72. The predicted molar refractivity (Wildman–Crippen MR) is 118 cm³/mol. The van der Waals surface area contributed by atoms with Gasteiger partial charge in [0.1, 0.15) is 0 Å². The molecule has 0 aromatic heterocycles. The van der Waals surface area contributed by atoms with E-state index in [1.807, 2.05) is 6.07 Å². The number of piperidine rings is 1. The number of aryl methyl sites for hydroxylation is 1. The van der Waals surface area contributed by atoms with Crippen LogP contribution in [0.15, 0.2) is 47.4 Å². The minimum atomic E-state index is -3.70. The van der Waals surface area contributed by atoms with E-state index < -0.39 is 28.5 Å². The Labute approximate surface area is 187 Å². The number of esters is 1. The van der Waals surface area contributed by atoms with Gasteiger partial charge in [-0.15, -0.1) is 0 Å². The van der Waals surface area contributed by atoms with E-state index in [9.17, 15) is 18.0 Å². The van der Waals surface area contributed by atoms with Crippen LogP contribution < -0.4 is 5.32 Å². The molecule has 2 aromatic carbocycles. The van der Waals surface area contributed by atoms with Crippen molar-refractivity contribution < 1.29 is 22.7 Å². The zero-order chi connectivity index (χ0) is 23.1. The van der Waals surface area contributed by atoms with E-state index in [1.165, 1.54) is 16.4 Å². The van der Waals surface area contributed by atoms with E-state index in [4.69, 9.17) is 10.00 Å². The van der Waals surface area contributed by atoms with Gasteiger partial charge in [0, 0.05) is 18.8 Å². The van der Waals surface area contributed by atoms with Gasteiger partial charge in [-0.2, -0.15) is 9.57 Å². The highest BCUT2D eigenvalue weighted by Crippen LogP contribution is 2.24. The Morgan fingerprint density at radius 2 is 1.78 bits per heavy atom. The minimum Gasteiger partial charge on any atom is -0.452 e. The van der Waals surface area contributed by atoms with Crippen molar-refractivity contribution in [2.75, 3.05) is 25.0 Å². The number of nitriles is 1. The maximum Gasteiger partial charge on any atom is 0.338 e. The monoisotopic (exact) mass is 455 g/mol. The van der Waals surface area contributed by atoms with Crippen molar-refractivity contribution in [3.8, 4) is 6.07 Å². The molecule has 0 saturated carbocycles. The van der Waals surface area contributed by atoms with Crippen molar-refractivity contribution in [1.29, 1.82) is 5.26 Å². The van der Waals surface area contributed by atoms with E-state index >= 15 is 0 Å². The molecule has 1 saturated heterocycles. The maximum absolute atomic E-state index is 13.0. The Kier molecular flexibility index (Phi) is 7.62. The van der Waals surface area contributed by atoms with Crippen molar-refractivity contribution in [2.24, 2.45) is 0 Å². The summed E-state index contributed by atoms with van der Waals surface area (Å²) < 4.78 is 32.5. The van der Waals surface area contributed by atoms with Gasteiger partial charge in [-0.25, -0.2) is 13.2 Å². The fourth-order valence-electron chi connectivity index (χ4n) is 3.46. The molecule has 0 radical (unpaired) electrons. The van der Waals surface area contributed by atoms with Crippen LogP contribution in [-0.2, 0) is 26.0 Å². The van der Waals surface area contributed by atoms with Crippen LogP contribution in [0.4, 0.5) is 5.69 Å². The number of amides is 1. The zero-order valence-corrected chi connectivity index (χ0v) is 18.7. The second kappa shape index (κ2) is 10.4. The van der Waals surface area contributed by atoms with Crippen LogP contribution in [0.2, 0.25) is 0 Å². The molecule has 1 fully saturated rings. The molecule has 0 aliphatic carbocycles. The number of rotatable bonds is 7. The lowest BCUT2D eigenvalue weighted by Gasteiger charge is -2.26. The molecule has 32 heavy (non-hydrogen) atoms. The van der Waals surface area contributed by atoms with E-state index in [2.05, 4.69) is 5.32 Å². The molecular weight excluding hydrogens is 430 g/mol. The number of hydrogen-bond acceptors (Lipinski definition) is 6. The number of nitrogens with zero attached hydrogens (tertiary/aromatic N) is 2. The zero-order valence-electron chi connectivity index (χ0n) is 17.8. The number of anilines is 1. The molecule has 0 unspecified atom stereocenters. The Morgan fingerprint density at radius 3 is 2.44 bits per heavy atom. The smallest absolute Gasteiger partial charge is 0.338 e. The Balaban J connectivity index is 1.63. The molecule has 1 heterocycles. The minimum absolute atomic E-state index is 0.0693. The van der Waals surface area contributed by atoms with Crippen molar-refractivity contribution in [2.45, 2.75) is 37.5 Å². The molecule has 1 aliphatic heterocycles. The average molecular weight is 456 g/mol. The Hall–Kier alpha value is -3.22. The number of hydrogen-bond donors (Lipinski definition) is 1. The van der Waals surface area contributed by atoms with Crippen LogP contribution in [0.1, 0.15) is 40.7 Å². The van der Waals surface area contributed by atoms with E-state index in [-0.39, 0.29) is 16.9 Å². The van der Waals surface area contributed by atoms with Gasteiger partial charge in [0.25, 0.3) is 5.91 Å². The first kappa shape index (κ1) is 23.4. The number of benzene rings is 2. The van der Waals surface area contributed by atoms with Crippen LogP contribution in [0.3, 0.4) is 0 Å². The quantitative estimate of drug-likeness (QED) is 0.642. The standard InChI is InChI=1S/C23H25N3O5S/c1-17-5-8-19(15-21(17)32(29,30)26-13-3-2-4-14-26)23(28)31-16-22(27)25-20-9-6-18(7-10-20)11-12-24/h5-10,15H,2-4,11,13-14,16H2,1H3,(H,25,27). The highest BCUT2D eigenvalue weighted by molar-refractivity contribution is 7.89. The van der Waals surface area contributed by atoms with Crippen LogP contribution >= 0.6 is 0 Å². The molecule has 8 nitrogen and oxygen atoms in total. The van der Waals surface area contributed by atoms with E-state index in [1.54, 1.807) is 37.3 Å². The first-order chi connectivity index (χ1) is 15.3. The van der Waals surface area contributed by atoms with Gasteiger partial charge >= 0.3 is 5.97 Å². The molecule has 0 bridgehead atoms. The van der Waals surface area contributed by atoms with Crippen LogP contribution in [0.5, 0.6) is 0 Å². The van der Waals surface area contributed by atoms with Crippen molar-refractivity contribution in [3.63, 3.8) is 0 Å². The highest BCUT2D eigenvalue weighted by Gasteiger charge is 2.28. The van der Waals surface area contributed by atoms with Crippen molar-refractivity contribution in [3.05, 3.63) is 59.2 Å². The van der Waals surface area contributed by atoms with Gasteiger partial charge in [-0.3, -0.25) is 4.79 Å². The number of sulfonamides is 1. The van der Waals surface area contributed by atoms with Gasteiger partial charge in [0.2, 0.25) is 10.0 Å². The SMILES string of the molecule is Cc1ccc(C(=O)OCC(=O)Nc2ccc(CC#N)cc2)cc1S(=O)(=O)N1CCCCC1. The first-order valence-corrected chi connectivity index (χ1v) is 11.8. The number of ether oxygens (including phenoxy) is 1. The Bertz CT molecular complexity index is 1130. The second-order valence-corrected chi connectivity index (χ2v) is 9.51. The van der Waals surface area contributed by atoms with Gasteiger partial charge in [-0.1, -0.05) is 24.6 Å². The highest BCUT2D eigenvalue weighted by atomic mass is 32.2. The van der Waals surface area contributed by atoms with Crippen LogP contribution in [-0.4, -0.2) is 44.3 Å². The molecule has 0 spiro atoms. The Morgan fingerprint density at radius 1 is 1.09 bits per heavy atom. The fourth-order valence-corrected chi connectivity index (χ4v) is 5.23. The summed E-state index contributed by atoms with van der Waals surface area (Å²) in [5, 5.41) is 11.3. The summed E-state index contributed by atoms with van der Waals surface area (Å²) in [4.78, 5) is 24.6. The van der Waals surface area contributed by atoms with Gasteiger partial charge in [0.15, 0.2) is 6.61 Å². The van der Waals surface area contributed by atoms with E-state index in [0.717, 1.165) is 24.8 Å². The van der Waals surface area contributed by atoms with E-state index in [0.29, 0.717) is 24.3 Å². The lowest BCUT2D eigenvalue weighted by molar-refractivity contribution is -0.119. The molecule has 1 N–H and O–H groups in total. The number of carbonyl (C=O) groups excluding carboxylic acids is 2. The van der Waals surface area contributed by atoms with Gasteiger partial charge < -0.3 is 10.1 Å². The fraction of sp³-hybridized carbons (Fsp3) is 0.348. The van der Waals surface area contributed by atoms with Crippen LogP contribution in [0.25, 0.3) is 0 Å². The molecule has 168 valence electrons. The normalized spacial score (nSPS) is 14.4. The van der Waals surface area contributed by atoms with Gasteiger partial charge in [-0.05, 0) is 55.2 Å². The number of carbonyl (C=O) groups is 2. The summed E-state index contributed by atoms with van der Waals surface area (Å²) in [6.07, 6.45) is 2.91. The summed E-state index contributed by atoms with van der Waals surface area (Å²) >= 11 is 0.